The van der Waals surface area contributed by atoms with Gasteiger partial charge in [-0.2, -0.15) is 13.2 Å². The first kappa shape index (κ1) is 21.4. The van der Waals surface area contributed by atoms with Crippen molar-refractivity contribution in [3.8, 4) is 0 Å². The highest BCUT2D eigenvalue weighted by molar-refractivity contribution is 6.00. The van der Waals surface area contributed by atoms with Crippen LogP contribution in [0.25, 0.3) is 0 Å². The van der Waals surface area contributed by atoms with E-state index in [4.69, 9.17) is 4.74 Å². The van der Waals surface area contributed by atoms with Gasteiger partial charge in [-0.1, -0.05) is 43.7 Å². The zero-order valence-corrected chi connectivity index (χ0v) is 16.6. The molecular weight excluding hydrogens is 389 g/mol. The van der Waals surface area contributed by atoms with Crippen LogP contribution in [-0.4, -0.2) is 35.9 Å². The van der Waals surface area contributed by atoms with Crippen LogP contribution >= 0.6 is 0 Å². The van der Waals surface area contributed by atoms with Crippen molar-refractivity contribution >= 4 is 11.8 Å². The standard InChI is InChI=1S/C21H23F3O5/c1-11-6-5-7-12(8-11)15-16-13(25)9-19(2,3)10-14(16)29-20(27,21(22,23)24)17(15)18(26)28-4/h5-8,15,17,27H,9-10H2,1-4H3/t15-,17-,20+/m0/s1. The number of hydrogen-bond donors (Lipinski definition) is 1. The number of methoxy groups -OCH3 is 1. The van der Waals surface area contributed by atoms with Crippen LogP contribution < -0.4 is 0 Å². The third-order valence-electron chi connectivity index (χ3n) is 5.49. The number of aryl methyl sites for hydroxylation is 1. The topological polar surface area (TPSA) is 72.8 Å². The molecule has 5 nitrogen and oxygen atoms in total. The highest BCUT2D eigenvalue weighted by Crippen LogP contribution is 2.56. The molecule has 0 saturated carbocycles. The van der Waals surface area contributed by atoms with Crippen LogP contribution in [0.5, 0.6) is 0 Å². The second kappa shape index (κ2) is 6.86. The second-order valence-electron chi connectivity index (χ2n) is 8.47. The molecular formula is C21H23F3O5. The minimum Gasteiger partial charge on any atom is -0.469 e. The van der Waals surface area contributed by atoms with Gasteiger partial charge in [0.05, 0.1) is 7.11 Å². The van der Waals surface area contributed by atoms with E-state index >= 15 is 0 Å². The normalized spacial score (nSPS) is 29.2. The van der Waals surface area contributed by atoms with E-state index in [9.17, 15) is 27.9 Å². The molecule has 158 valence electrons. The molecule has 0 unspecified atom stereocenters. The summed E-state index contributed by atoms with van der Waals surface area (Å²) in [5, 5.41) is 10.7. The molecule has 3 rings (SSSR count). The second-order valence-corrected chi connectivity index (χ2v) is 8.47. The highest BCUT2D eigenvalue weighted by Gasteiger charge is 2.70. The summed E-state index contributed by atoms with van der Waals surface area (Å²) in [6.45, 7) is 5.21. The number of hydrogen-bond acceptors (Lipinski definition) is 5. The number of allylic oxidation sites excluding steroid dienone is 2. The fourth-order valence-corrected chi connectivity index (χ4v) is 4.24. The molecule has 1 aliphatic heterocycles. The first-order valence-corrected chi connectivity index (χ1v) is 9.19. The van der Waals surface area contributed by atoms with Crippen LogP contribution in [0.2, 0.25) is 0 Å². The molecule has 0 saturated heterocycles. The zero-order chi connectivity index (χ0) is 21.8. The molecule has 1 aliphatic carbocycles. The summed E-state index contributed by atoms with van der Waals surface area (Å²) < 4.78 is 51.7. The molecule has 3 atom stereocenters. The Kier molecular flexibility index (Phi) is 5.06. The van der Waals surface area contributed by atoms with E-state index in [1.807, 2.05) is 0 Å². The van der Waals surface area contributed by atoms with Gasteiger partial charge in [0.1, 0.15) is 11.7 Å². The van der Waals surface area contributed by atoms with Crippen molar-refractivity contribution in [1.82, 2.24) is 0 Å². The quantitative estimate of drug-likeness (QED) is 0.749. The van der Waals surface area contributed by atoms with Gasteiger partial charge in [0.15, 0.2) is 5.78 Å². The fraction of sp³-hybridized carbons (Fsp3) is 0.524. The van der Waals surface area contributed by atoms with Crippen LogP contribution in [0.4, 0.5) is 13.2 Å². The van der Waals surface area contributed by atoms with Crippen LogP contribution in [0.1, 0.15) is 43.7 Å². The lowest BCUT2D eigenvalue weighted by atomic mass is 9.66. The van der Waals surface area contributed by atoms with Crippen molar-refractivity contribution < 1.29 is 37.3 Å². The number of alkyl halides is 3. The molecule has 1 N–H and O–H groups in total. The summed E-state index contributed by atoms with van der Waals surface area (Å²) in [6, 6.07) is 6.50. The monoisotopic (exact) mass is 412 g/mol. The Morgan fingerprint density at radius 2 is 1.93 bits per heavy atom. The lowest BCUT2D eigenvalue weighted by Crippen LogP contribution is -2.61. The van der Waals surface area contributed by atoms with Gasteiger partial charge in [0.2, 0.25) is 0 Å². The Morgan fingerprint density at radius 1 is 1.28 bits per heavy atom. The number of ketones is 1. The van der Waals surface area contributed by atoms with Gasteiger partial charge in [0.25, 0.3) is 0 Å². The van der Waals surface area contributed by atoms with Crippen LogP contribution in [0.15, 0.2) is 35.6 Å². The largest absolute Gasteiger partial charge is 0.469 e. The van der Waals surface area contributed by atoms with E-state index in [0.29, 0.717) is 5.56 Å². The minimum absolute atomic E-state index is 0.000694. The van der Waals surface area contributed by atoms with Crippen molar-refractivity contribution in [2.45, 2.75) is 51.5 Å². The van der Waals surface area contributed by atoms with Gasteiger partial charge in [-0.25, -0.2) is 0 Å². The third kappa shape index (κ3) is 3.54. The maximum atomic E-state index is 14.0. The summed E-state index contributed by atoms with van der Waals surface area (Å²) in [4.78, 5) is 25.5. The first-order valence-electron chi connectivity index (χ1n) is 9.19. The Labute approximate surface area is 166 Å². The summed E-state index contributed by atoms with van der Waals surface area (Å²) in [5.74, 6) is -9.28. The van der Waals surface area contributed by atoms with Gasteiger partial charge in [-0.3, -0.25) is 9.59 Å². The maximum absolute atomic E-state index is 14.0. The minimum atomic E-state index is -5.29. The lowest BCUT2D eigenvalue weighted by Gasteiger charge is -2.47. The first-order chi connectivity index (χ1) is 13.3. The molecule has 0 spiro atoms. The molecule has 0 fully saturated rings. The number of Topliss-reactive ketones (excluding diaryl/α,β-unsaturated/α-hetero) is 1. The molecule has 0 amide bonds. The molecule has 1 aromatic rings. The predicted molar refractivity (Wildman–Crippen MR) is 96.6 cm³/mol. The van der Waals surface area contributed by atoms with Crippen molar-refractivity contribution in [1.29, 1.82) is 0 Å². The average molecular weight is 412 g/mol. The molecule has 0 radical (unpaired) electrons. The van der Waals surface area contributed by atoms with Crippen molar-refractivity contribution in [2.75, 3.05) is 7.11 Å². The van der Waals surface area contributed by atoms with Gasteiger partial charge >= 0.3 is 17.9 Å². The van der Waals surface area contributed by atoms with E-state index in [2.05, 4.69) is 4.74 Å². The van der Waals surface area contributed by atoms with E-state index < -0.39 is 41.0 Å². The summed E-state index contributed by atoms with van der Waals surface area (Å²) in [5.41, 5.74) is 0.405. The molecule has 1 aromatic carbocycles. The Morgan fingerprint density at radius 3 is 2.48 bits per heavy atom. The van der Waals surface area contributed by atoms with E-state index in [0.717, 1.165) is 12.7 Å². The number of carbonyl (C=O) groups excluding carboxylic acids is 2. The van der Waals surface area contributed by atoms with Gasteiger partial charge < -0.3 is 14.6 Å². The van der Waals surface area contributed by atoms with E-state index in [1.54, 1.807) is 39.0 Å². The summed E-state index contributed by atoms with van der Waals surface area (Å²) in [6.07, 6.45) is -5.17. The van der Waals surface area contributed by atoms with Gasteiger partial charge in [0, 0.05) is 24.3 Å². The third-order valence-corrected chi connectivity index (χ3v) is 5.49. The van der Waals surface area contributed by atoms with Crippen molar-refractivity contribution in [3.63, 3.8) is 0 Å². The number of halogens is 3. The average Bonchev–Trinajstić information content (AvgIpc) is 2.57. The number of esters is 1. The van der Waals surface area contributed by atoms with Crippen LogP contribution in [0, 0.1) is 18.3 Å². The molecule has 0 bridgehead atoms. The zero-order valence-electron chi connectivity index (χ0n) is 16.6. The van der Waals surface area contributed by atoms with Crippen molar-refractivity contribution in [3.05, 3.63) is 46.7 Å². The smallest absolute Gasteiger partial charge is 0.456 e. The molecule has 2 aliphatic rings. The molecule has 1 heterocycles. The number of aliphatic hydroxyl groups is 1. The van der Waals surface area contributed by atoms with Crippen LogP contribution in [-0.2, 0) is 19.1 Å². The van der Waals surface area contributed by atoms with Gasteiger partial charge in [-0.05, 0) is 17.9 Å². The number of rotatable bonds is 2. The number of ether oxygens (including phenoxy) is 2. The SMILES string of the molecule is COC(=O)[C@@H]1[C@@H](c2cccc(C)c2)C2=C(CC(C)(C)CC2=O)O[C@@]1(O)C(F)(F)F. The Hall–Kier alpha value is -2.35. The van der Waals surface area contributed by atoms with E-state index in [-0.39, 0.29) is 24.2 Å². The Bertz CT molecular complexity index is 887. The Balaban J connectivity index is 2.33. The van der Waals surface area contributed by atoms with Gasteiger partial charge in [-0.15, -0.1) is 0 Å². The predicted octanol–water partition coefficient (Wildman–Crippen LogP) is 3.79. The number of carbonyl (C=O) groups is 2. The number of benzene rings is 1. The van der Waals surface area contributed by atoms with Crippen molar-refractivity contribution in [2.24, 2.45) is 11.3 Å². The summed E-state index contributed by atoms with van der Waals surface area (Å²) in [7, 11) is 0.933. The molecule has 8 heteroatoms. The molecule has 0 aromatic heterocycles. The van der Waals surface area contributed by atoms with Crippen LogP contribution in [0.3, 0.4) is 0 Å². The molecule has 29 heavy (non-hydrogen) atoms. The summed E-state index contributed by atoms with van der Waals surface area (Å²) >= 11 is 0. The maximum Gasteiger partial charge on any atom is 0.456 e. The fourth-order valence-electron chi connectivity index (χ4n) is 4.24. The van der Waals surface area contributed by atoms with E-state index in [1.165, 1.54) is 6.07 Å². The highest BCUT2D eigenvalue weighted by atomic mass is 19.4. The lowest BCUT2D eigenvalue weighted by molar-refractivity contribution is -0.378.